The van der Waals surface area contributed by atoms with E-state index in [-0.39, 0.29) is 11.2 Å². The second kappa shape index (κ2) is 8.31. The van der Waals surface area contributed by atoms with Crippen molar-refractivity contribution in [3.8, 4) is 5.75 Å². The first-order valence-electron chi connectivity index (χ1n) is 7.93. The van der Waals surface area contributed by atoms with E-state index < -0.39 is 0 Å². The first kappa shape index (κ1) is 17.7. The van der Waals surface area contributed by atoms with Crippen molar-refractivity contribution in [2.75, 3.05) is 13.7 Å². The third kappa shape index (κ3) is 4.49. The number of nitrogens with zero attached hydrogens (tertiary/aromatic N) is 2. The van der Waals surface area contributed by atoms with E-state index in [1.807, 2.05) is 42.6 Å². The fraction of sp³-hybridized carbons (Fsp3) is 0.278. The second-order valence-electron chi connectivity index (χ2n) is 5.47. The van der Waals surface area contributed by atoms with Crippen molar-refractivity contribution in [2.45, 2.75) is 23.6 Å². The summed E-state index contributed by atoms with van der Waals surface area (Å²) in [6, 6.07) is 9.87. The van der Waals surface area contributed by atoms with Crippen LogP contribution in [0.2, 0.25) is 0 Å². The monoisotopic (exact) mass is 373 g/mol. The number of amides is 1. The maximum Gasteiger partial charge on any atom is 0.233 e. The second-order valence-corrected chi connectivity index (χ2v) is 7.69. The fourth-order valence-electron chi connectivity index (χ4n) is 2.35. The van der Waals surface area contributed by atoms with Gasteiger partial charge in [0, 0.05) is 11.9 Å². The third-order valence-corrected chi connectivity index (χ3v) is 5.69. The first-order chi connectivity index (χ1) is 12.2. The molecule has 25 heavy (non-hydrogen) atoms. The molecule has 5 nitrogen and oxygen atoms in total. The summed E-state index contributed by atoms with van der Waals surface area (Å²) in [5, 5.41) is 6.63. The van der Waals surface area contributed by atoms with Crippen LogP contribution in [0.5, 0.6) is 5.75 Å². The molecule has 3 aromatic rings. The van der Waals surface area contributed by atoms with Gasteiger partial charge in [0.05, 0.1) is 12.4 Å². The number of hydrogen-bond donors (Lipinski definition) is 1. The molecule has 1 amide bonds. The maximum atomic E-state index is 12.3. The van der Waals surface area contributed by atoms with Crippen LogP contribution in [0.4, 0.5) is 0 Å². The lowest BCUT2D eigenvalue weighted by molar-refractivity contribution is -0.120. The van der Waals surface area contributed by atoms with E-state index in [1.165, 1.54) is 11.8 Å². The molecule has 3 rings (SSSR count). The van der Waals surface area contributed by atoms with Gasteiger partial charge in [-0.1, -0.05) is 23.9 Å². The van der Waals surface area contributed by atoms with Gasteiger partial charge in [0.25, 0.3) is 0 Å². The molecule has 0 saturated carbocycles. The minimum absolute atomic E-state index is 0.0144. The minimum Gasteiger partial charge on any atom is -0.497 e. The number of benzene rings is 1. The minimum atomic E-state index is -0.214. The number of aromatic nitrogens is 2. The Labute approximate surface area is 154 Å². The van der Waals surface area contributed by atoms with Gasteiger partial charge in [0.1, 0.15) is 21.9 Å². The van der Waals surface area contributed by atoms with Crippen LogP contribution in [-0.4, -0.2) is 34.8 Å². The number of nitrogens with one attached hydrogen (secondary N) is 1. The van der Waals surface area contributed by atoms with Crippen LogP contribution in [0, 0.1) is 0 Å². The molecule has 1 aromatic carbocycles. The van der Waals surface area contributed by atoms with Crippen molar-refractivity contribution < 1.29 is 9.53 Å². The highest BCUT2D eigenvalue weighted by Crippen LogP contribution is 2.30. The van der Waals surface area contributed by atoms with Gasteiger partial charge in [-0.3, -0.25) is 4.79 Å². The summed E-state index contributed by atoms with van der Waals surface area (Å²) in [7, 11) is 1.65. The Kier molecular flexibility index (Phi) is 5.88. The first-order valence-corrected chi connectivity index (χ1v) is 9.69. The average molecular weight is 374 g/mol. The molecule has 0 aliphatic carbocycles. The van der Waals surface area contributed by atoms with Crippen molar-refractivity contribution in [3.63, 3.8) is 0 Å². The molecule has 0 aliphatic heterocycles. The van der Waals surface area contributed by atoms with Crippen LogP contribution >= 0.6 is 23.1 Å². The summed E-state index contributed by atoms with van der Waals surface area (Å²) in [4.78, 5) is 21.8. The van der Waals surface area contributed by atoms with E-state index in [0.717, 1.165) is 33.0 Å². The van der Waals surface area contributed by atoms with Crippen LogP contribution in [0.3, 0.4) is 0 Å². The molecular weight excluding hydrogens is 354 g/mol. The highest BCUT2D eigenvalue weighted by molar-refractivity contribution is 8.00. The number of hydrogen-bond acceptors (Lipinski definition) is 6. The van der Waals surface area contributed by atoms with Crippen LogP contribution < -0.4 is 10.1 Å². The molecule has 1 N–H and O–H groups in total. The SMILES string of the molecule is COc1ccc(CCNC(=O)[C@H](C)Sc2ncnc3sccc23)cc1. The standard InChI is InChI=1S/C18H19N3O2S2/c1-12(25-18-15-8-10-24-17(15)20-11-21-18)16(22)19-9-7-13-3-5-14(23-2)6-4-13/h3-6,8,10-12H,7,9H2,1-2H3,(H,19,22)/t12-/m0/s1. The summed E-state index contributed by atoms with van der Waals surface area (Å²) < 4.78 is 5.14. The zero-order chi connectivity index (χ0) is 17.6. The molecule has 0 unspecified atom stereocenters. The highest BCUT2D eigenvalue weighted by Gasteiger charge is 2.16. The highest BCUT2D eigenvalue weighted by atomic mass is 32.2. The zero-order valence-electron chi connectivity index (χ0n) is 14.1. The van der Waals surface area contributed by atoms with Gasteiger partial charge in [-0.25, -0.2) is 9.97 Å². The van der Waals surface area contributed by atoms with E-state index >= 15 is 0 Å². The normalized spacial score (nSPS) is 12.1. The lowest BCUT2D eigenvalue weighted by Gasteiger charge is -2.12. The van der Waals surface area contributed by atoms with E-state index in [0.29, 0.717) is 6.54 Å². The zero-order valence-corrected chi connectivity index (χ0v) is 15.7. The molecule has 2 aromatic heterocycles. The van der Waals surface area contributed by atoms with Gasteiger partial charge in [-0.2, -0.15) is 0 Å². The molecule has 0 spiro atoms. The predicted octanol–water partition coefficient (Wildman–Crippen LogP) is 3.54. The smallest absolute Gasteiger partial charge is 0.233 e. The Bertz CT molecular complexity index is 849. The topological polar surface area (TPSA) is 64.1 Å². The summed E-state index contributed by atoms with van der Waals surface area (Å²) in [5.74, 6) is 0.850. The summed E-state index contributed by atoms with van der Waals surface area (Å²) in [5.41, 5.74) is 1.16. The molecule has 0 saturated heterocycles. The molecule has 0 bridgehead atoms. The van der Waals surface area contributed by atoms with Gasteiger partial charge < -0.3 is 10.1 Å². The Balaban J connectivity index is 1.51. The summed E-state index contributed by atoms with van der Waals surface area (Å²) in [6.07, 6.45) is 2.34. The van der Waals surface area contributed by atoms with Crippen molar-refractivity contribution in [2.24, 2.45) is 0 Å². The molecule has 2 heterocycles. The third-order valence-electron chi connectivity index (χ3n) is 3.75. The van der Waals surface area contributed by atoms with Crippen LogP contribution in [0.15, 0.2) is 47.1 Å². The van der Waals surface area contributed by atoms with Crippen LogP contribution in [0.25, 0.3) is 10.2 Å². The quantitative estimate of drug-likeness (QED) is 0.507. The molecule has 130 valence electrons. The lowest BCUT2D eigenvalue weighted by atomic mass is 10.1. The summed E-state index contributed by atoms with van der Waals surface area (Å²) in [6.45, 7) is 2.50. The van der Waals surface area contributed by atoms with Crippen molar-refractivity contribution >= 4 is 39.2 Å². The molecule has 0 radical (unpaired) electrons. The fourth-order valence-corrected chi connectivity index (χ4v) is 4.07. The van der Waals surface area contributed by atoms with E-state index in [9.17, 15) is 4.79 Å². The number of thiophene rings is 1. The van der Waals surface area contributed by atoms with Gasteiger partial charge in [-0.15, -0.1) is 11.3 Å². The Hall–Kier alpha value is -2.12. The lowest BCUT2D eigenvalue weighted by Crippen LogP contribution is -2.32. The molecule has 0 fully saturated rings. The number of rotatable bonds is 7. The van der Waals surface area contributed by atoms with Crippen molar-refractivity contribution in [1.82, 2.24) is 15.3 Å². The van der Waals surface area contributed by atoms with Gasteiger partial charge in [0.2, 0.25) is 5.91 Å². The summed E-state index contributed by atoms with van der Waals surface area (Å²) >= 11 is 3.04. The number of carbonyl (C=O) groups excluding carboxylic acids is 1. The van der Waals surface area contributed by atoms with E-state index in [4.69, 9.17) is 4.74 Å². The largest absolute Gasteiger partial charge is 0.497 e. The van der Waals surface area contributed by atoms with Gasteiger partial charge in [-0.05, 0) is 42.5 Å². The number of thioether (sulfide) groups is 1. The Morgan fingerprint density at radius 1 is 1.28 bits per heavy atom. The molecule has 1 atom stereocenters. The Morgan fingerprint density at radius 2 is 2.08 bits per heavy atom. The number of ether oxygens (including phenoxy) is 1. The van der Waals surface area contributed by atoms with Gasteiger partial charge >= 0.3 is 0 Å². The van der Waals surface area contributed by atoms with Crippen molar-refractivity contribution in [1.29, 1.82) is 0 Å². The van der Waals surface area contributed by atoms with Crippen molar-refractivity contribution in [3.05, 3.63) is 47.6 Å². The number of methoxy groups -OCH3 is 1. The van der Waals surface area contributed by atoms with Gasteiger partial charge in [0.15, 0.2) is 0 Å². The molecular formula is C18H19N3O2S2. The molecule has 0 aliphatic rings. The molecule has 7 heteroatoms. The number of fused-ring (bicyclic) bond motifs is 1. The predicted molar refractivity (Wildman–Crippen MR) is 102 cm³/mol. The van der Waals surface area contributed by atoms with E-state index in [1.54, 1.807) is 24.8 Å². The Morgan fingerprint density at radius 3 is 2.84 bits per heavy atom. The maximum absolute atomic E-state index is 12.3. The number of carbonyl (C=O) groups is 1. The van der Waals surface area contributed by atoms with Crippen LogP contribution in [0.1, 0.15) is 12.5 Å². The van der Waals surface area contributed by atoms with E-state index in [2.05, 4.69) is 15.3 Å². The van der Waals surface area contributed by atoms with Crippen LogP contribution in [-0.2, 0) is 11.2 Å². The average Bonchev–Trinajstić information content (AvgIpc) is 3.12.